The van der Waals surface area contributed by atoms with Gasteiger partial charge >= 0.3 is 0 Å². The summed E-state index contributed by atoms with van der Waals surface area (Å²) in [6.45, 7) is 0. The Morgan fingerprint density at radius 3 is 2.33 bits per heavy atom. The molecule has 0 aliphatic heterocycles. The summed E-state index contributed by atoms with van der Waals surface area (Å²) in [6, 6.07) is 15.1. The molecule has 0 fully saturated rings. The van der Waals surface area contributed by atoms with Gasteiger partial charge in [-0.3, -0.25) is 0 Å². The van der Waals surface area contributed by atoms with Gasteiger partial charge < -0.3 is 14.7 Å². The molecule has 4 heteroatoms. The fourth-order valence-electron chi connectivity index (χ4n) is 1.92. The monoisotopic (exact) mass is 283 g/mol. The average Bonchev–Trinajstić information content (AvgIpc) is 2.56. The van der Waals surface area contributed by atoms with E-state index in [-0.39, 0.29) is 0 Å². The molecule has 0 radical (unpaired) electrons. The van der Waals surface area contributed by atoms with Crippen LogP contribution in [0, 0.1) is 0 Å². The van der Waals surface area contributed by atoms with Crippen LogP contribution in [0.5, 0.6) is 11.5 Å². The van der Waals surface area contributed by atoms with E-state index < -0.39 is 0 Å². The smallest absolute Gasteiger partial charge is 0.161 e. The Morgan fingerprint density at radius 2 is 1.71 bits per heavy atom. The first-order valence-electron chi connectivity index (χ1n) is 6.46. The fraction of sp³-hybridized carbons (Fsp3) is 0.118. The van der Waals surface area contributed by atoms with Crippen molar-refractivity contribution < 1.29 is 14.7 Å². The van der Waals surface area contributed by atoms with Crippen molar-refractivity contribution in [1.82, 2.24) is 0 Å². The highest BCUT2D eigenvalue weighted by Crippen LogP contribution is 2.28. The summed E-state index contributed by atoms with van der Waals surface area (Å²) in [5.41, 5.74) is 2.21. The van der Waals surface area contributed by atoms with Crippen molar-refractivity contribution >= 4 is 11.8 Å². The van der Waals surface area contributed by atoms with Crippen LogP contribution >= 0.6 is 0 Å². The molecule has 4 nitrogen and oxygen atoms in total. The highest BCUT2D eigenvalue weighted by Gasteiger charge is 2.07. The summed E-state index contributed by atoms with van der Waals surface area (Å²) in [5, 5.41) is 12.5. The number of hydrogen-bond donors (Lipinski definition) is 1. The number of methoxy groups -OCH3 is 2. The first-order valence-corrected chi connectivity index (χ1v) is 6.46. The molecule has 2 aromatic carbocycles. The second kappa shape index (κ2) is 7.14. The van der Waals surface area contributed by atoms with Crippen molar-refractivity contribution in [1.29, 1.82) is 0 Å². The average molecular weight is 283 g/mol. The summed E-state index contributed by atoms with van der Waals surface area (Å²) < 4.78 is 10.4. The van der Waals surface area contributed by atoms with Gasteiger partial charge in [-0.25, -0.2) is 0 Å². The Bertz CT molecular complexity index is 648. The minimum absolute atomic E-state index is 0.444. The molecule has 21 heavy (non-hydrogen) atoms. The van der Waals surface area contributed by atoms with Gasteiger partial charge in [-0.15, -0.1) is 0 Å². The van der Waals surface area contributed by atoms with Crippen LogP contribution in [0.3, 0.4) is 0 Å². The molecule has 0 spiro atoms. The Balaban J connectivity index is 2.28. The molecular weight excluding hydrogens is 266 g/mol. The maximum absolute atomic E-state index is 9.21. The summed E-state index contributed by atoms with van der Waals surface area (Å²) in [6.07, 6.45) is 3.63. The molecule has 2 rings (SSSR count). The molecule has 0 atom stereocenters. The Hall–Kier alpha value is -2.75. The van der Waals surface area contributed by atoms with Gasteiger partial charge in [0.05, 0.1) is 14.2 Å². The topological polar surface area (TPSA) is 51.0 Å². The predicted molar refractivity (Wildman–Crippen MR) is 83.3 cm³/mol. The van der Waals surface area contributed by atoms with Crippen molar-refractivity contribution in [3.8, 4) is 11.5 Å². The first kappa shape index (κ1) is 14.7. The maximum Gasteiger partial charge on any atom is 0.161 e. The number of rotatable bonds is 5. The van der Waals surface area contributed by atoms with E-state index in [1.807, 2.05) is 42.5 Å². The van der Waals surface area contributed by atoms with E-state index >= 15 is 0 Å². The molecule has 0 saturated heterocycles. The highest BCUT2D eigenvalue weighted by atomic mass is 16.5. The largest absolute Gasteiger partial charge is 0.493 e. The van der Waals surface area contributed by atoms with Crippen LogP contribution in [-0.2, 0) is 0 Å². The molecule has 0 aromatic heterocycles. The van der Waals surface area contributed by atoms with Gasteiger partial charge in [-0.2, -0.15) is 0 Å². The molecule has 0 saturated carbocycles. The predicted octanol–water partition coefficient (Wildman–Crippen LogP) is 3.60. The molecular formula is C17H17NO3. The molecule has 2 aromatic rings. The Kier molecular flexibility index (Phi) is 4.99. The van der Waals surface area contributed by atoms with E-state index in [0.29, 0.717) is 17.2 Å². The van der Waals surface area contributed by atoms with Crippen molar-refractivity contribution in [2.45, 2.75) is 0 Å². The van der Waals surface area contributed by atoms with Crippen LogP contribution in [0.4, 0.5) is 0 Å². The van der Waals surface area contributed by atoms with Crippen LogP contribution in [0.1, 0.15) is 11.1 Å². The SMILES string of the molecule is COc1ccc(C(/C=C/c2ccccc2)=N\O)cc1OC. The van der Waals surface area contributed by atoms with Gasteiger partial charge in [-0.05, 0) is 29.8 Å². The molecule has 0 aliphatic carbocycles. The quantitative estimate of drug-likeness (QED) is 0.518. The molecule has 108 valence electrons. The second-order valence-corrected chi connectivity index (χ2v) is 4.30. The van der Waals surface area contributed by atoms with E-state index in [1.165, 1.54) is 0 Å². The fourth-order valence-corrected chi connectivity index (χ4v) is 1.92. The normalized spacial score (nSPS) is 11.6. The molecule has 0 amide bonds. The van der Waals surface area contributed by atoms with Crippen molar-refractivity contribution in [2.75, 3.05) is 14.2 Å². The van der Waals surface area contributed by atoms with E-state index in [1.54, 1.807) is 32.4 Å². The van der Waals surface area contributed by atoms with Gasteiger partial charge in [-0.1, -0.05) is 41.6 Å². The number of allylic oxidation sites excluding steroid dienone is 1. The van der Waals surface area contributed by atoms with Gasteiger partial charge in [0.1, 0.15) is 5.71 Å². The minimum Gasteiger partial charge on any atom is -0.493 e. The van der Waals surface area contributed by atoms with Gasteiger partial charge in [0.15, 0.2) is 11.5 Å². The Labute approximate surface area is 123 Å². The number of hydrogen-bond acceptors (Lipinski definition) is 4. The molecule has 0 heterocycles. The summed E-state index contributed by atoms with van der Waals surface area (Å²) in [7, 11) is 3.14. The van der Waals surface area contributed by atoms with Crippen LogP contribution in [0.2, 0.25) is 0 Å². The molecule has 0 aliphatic rings. The first-order chi connectivity index (χ1) is 10.3. The van der Waals surface area contributed by atoms with Gasteiger partial charge in [0.2, 0.25) is 0 Å². The highest BCUT2D eigenvalue weighted by molar-refractivity contribution is 6.10. The lowest BCUT2D eigenvalue weighted by Crippen LogP contribution is -1.99. The third-order valence-electron chi connectivity index (χ3n) is 3.02. The zero-order valence-corrected chi connectivity index (χ0v) is 12.0. The zero-order valence-electron chi connectivity index (χ0n) is 12.0. The summed E-state index contributed by atoms with van der Waals surface area (Å²) >= 11 is 0. The van der Waals surface area contributed by atoms with E-state index in [2.05, 4.69) is 5.16 Å². The lowest BCUT2D eigenvalue weighted by atomic mass is 10.1. The number of benzene rings is 2. The van der Waals surface area contributed by atoms with Crippen LogP contribution in [0.15, 0.2) is 59.8 Å². The van der Waals surface area contributed by atoms with Crippen LogP contribution < -0.4 is 9.47 Å². The van der Waals surface area contributed by atoms with Crippen molar-refractivity contribution in [3.63, 3.8) is 0 Å². The summed E-state index contributed by atoms with van der Waals surface area (Å²) in [5.74, 6) is 1.22. The zero-order chi connectivity index (χ0) is 15.1. The minimum atomic E-state index is 0.444. The van der Waals surface area contributed by atoms with Gasteiger partial charge in [0, 0.05) is 5.56 Å². The van der Waals surface area contributed by atoms with Crippen molar-refractivity contribution in [2.24, 2.45) is 5.16 Å². The summed E-state index contributed by atoms with van der Waals surface area (Å²) in [4.78, 5) is 0. The third-order valence-corrected chi connectivity index (χ3v) is 3.02. The lowest BCUT2D eigenvalue weighted by Gasteiger charge is -2.09. The molecule has 0 bridgehead atoms. The Morgan fingerprint density at radius 1 is 1.00 bits per heavy atom. The molecule has 0 unspecified atom stereocenters. The van der Waals surface area contributed by atoms with Crippen LogP contribution in [0.25, 0.3) is 6.08 Å². The van der Waals surface area contributed by atoms with E-state index in [0.717, 1.165) is 11.1 Å². The number of ether oxygens (including phenoxy) is 2. The second-order valence-electron chi connectivity index (χ2n) is 4.30. The van der Waals surface area contributed by atoms with E-state index in [9.17, 15) is 5.21 Å². The number of nitrogens with zero attached hydrogens (tertiary/aromatic N) is 1. The maximum atomic E-state index is 9.21. The molecule has 1 N–H and O–H groups in total. The van der Waals surface area contributed by atoms with E-state index in [4.69, 9.17) is 9.47 Å². The standard InChI is InChI=1S/C17H17NO3/c1-20-16-11-9-14(12-17(16)21-2)15(18-19)10-8-13-6-4-3-5-7-13/h3-12,19H,1-2H3/b10-8+,18-15-. The number of oxime groups is 1. The van der Waals surface area contributed by atoms with Crippen LogP contribution in [-0.4, -0.2) is 25.1 Å². The lowest BCUT2D eigenvalue weighted by molar-refractivity contribution is 0.320. The van der Waals surface area contributed by atoms with Crippen molar-refractivity contribution in [3.05, 3.63) is 65.7 Å². The third kappa shape index (κ3) is 3.63. The van der Waals surface area contributed by atoms with Gasteiger partial charge in [0.25, 0.3) is 0 Å².